The Kier molecular flexibility index (Phi) is 5.65. The lowest BCUT2D eigenvalue weighted by Crippen LogP contribution is -3.14. The Morgan fingerprint density at radius 2 is 1.88 bits per heavy atom. The fourth-order valence-corrected chi connectivity index (χ4v) is 4.76. The van der Waals surface area contributed by atoms with Crippen LogP contribution in [0.25, 0.3) is 0 Å². The van der Waals surface area contributed by atoms with E-state index < -0.39 is 11.2 Å². The van der Waals surface area contributed by atoms with Gasteiger partial charge >= 0.3 is 5.69 Å². The molecule has 144 valence electrons. The van der Waals surface area contributed by atoms with Crippen LogP contribution in [0.4, 0.5) is 5.82 Å². The Morgan fingerprint density at radius 1 is 1.19 bits per heavy atom. The fourth-order valence-electron chi connectivity index (χ4n) is 4.76. The second kappa shape index (κ2) is 7.78. The average molecular weight is 363 g/mol. The number of ketones is 1. The molecule has 1 unspecified atom stereocenters. The van der Waals surface area contributed by atoms with Gasteiger partial charge in [0.05, 0.1) is 13.1 Å². The van der Waals surface area contributed by atoms with E-state index in [0.29, 0.717) is 18.9 Å². The lowest BCUT2D eigenvalue weighted by molar-refractivity contribution is -0.902. The number of likely N-dealkylation sites (tertiary alicyclic amines) is 1. The van der Waals surface area contributed by atoms with Crippen LogP contribution >= 0.6 is 0 Å². The van der Waals surface area contributed by atoms with Crippen LogP contribution in [-0.4, -0.2) is 34.6 Å². The first-order chi connectivity index (χ1) is 12.4. The van der Waals surface area contributed by atoms with Crippen molar-refractivity contribution in [2.45, 2.75) is 52.0 Å². The Balaban J connectivity index is 1.82. The molecule has 26 heavy (non-hydrogen) atoms. The summed E-state index contributed by atoms with van der Waals surface area (Å²) < 4.78 is 2.35. The number of piperidine rings is 1. The van der Waals surface area contributed by atoms with Gasteiger partial charge in [-0.05, 0) is 31.6 Å². The summed E-state index contributed by atoms with van der Waals surface area (Å²) in [6, 6.07) is 0. The molecule has 1 saturated carbocycles. The maximum Gasteiger partial charge on any atom is 0.332 e. The molecule has 2 fully saturated rings. The summed E-state index contributed by atoms with van der Waals surface area (Å²) in [6.07, 6.45) is 7.07. The van der Waals surface area contributed by atoms with Gasteiger partial charge in [-0.2, -0.15) is 0 Å². The molecule has 0 radical (unpaired) electrons. The summed E-state index contributed by atoms with van der Waals surface area (Å²) in [5.74, 6) is 1.30. The first kappa shape index (κ1) is 18.9. The third-order valence-corrected chi connectivity index (χ3v) is 6.21. The molecule has 0 amide bonds. The number of quaternary nitrogens is 1. The van der Waals surface area contributed by atoms with Crippen molar-refractivity contribution >= 4 is 11.6 Å². The number of nitrogen functional groups attached to an aromatic ring is 1. The van der Waals surface area contributed by atoms with E-state index in [0.717, 1.165) is 30.0 Å². The van der Waals surface area contributed by atoms with Gasteiger partial charge in [-0.3, -0.25) is 18.7 Å². The lowest BCUT2D eigenvalue weighted by atomic mass is 9.75. The summed E-state index contributed by atoms with van der Waals surface area (Å²) >= 11 is 0. The van der Waals surface area contributed by atoms with Gasteiger partial charge in [-0.25, -0.2) is 4.79 Å². The van der Waals surface area contributed by atoms with E-state index in [9.17, 15) is 14.4 Å². The van der Waals surface area contributed by atoms with Gasteiger partial charge in [0.1, 0.15) is 17.9 Å². The number of hydrogen-bond acceptors (Lipinski definition) is 4. The normalized spacial score (nSPS) is 25.7. The van der Waals surface area contributed by atoms with E-state index >= 15 is 0 Å². The highest BCUT2D eigenvalue weighted by atomic mass is 16.2. The number of hydrogen-bond donors (Lipinski definition) is 2. The number of nitrogens with zero attached hydrogens (tertiary/aromatic N) is 2. The number of carbonyl (C=O) groups excluding carboxylic acids is 1. The molecule has 7 heteroatoms. The van der Waals surface area contributed by atoms with Crippen molar-refractivity contribution in [2.75, 3.05) is 25.4 Å². The molecule has 1 saturated heterocycles. The largest absolute Gasteiger partial charge is 0.384 e. The molecule has 1 aromatic heterocycles. The summed E-state index contributed by atoms with van der Waals surface area (Å²) in [5, 5.41) is 0. The molecule has 0 aromatic carbocycles. The van der Waals surface area contributed by atoms with E-state index in [-0.39, 0.29) is 23.7 Å². The van der Waals surface area contributed by atoms with Crippen molar-refractivity contribution in [2.24, 2.45) is 18.9 Å². The molecule has 7 nitrogen and oxygen atoms in total. The van der Waals surface area contributed by atoms with Crippen LogP contribution in [0, 0.1) is 11.8 Å². The van der Waals surface area contributed by atoms with Gasteiger partial charge in [0.25, 0.3) is 5.56 Å². The zero-order valence-electron chi connectivity index (χ0n) is 15.9. The number of nitrogens with one attached hydrogen (secondary N) is 1. The number of nitrogens with two attached hydrogens (primary N) is 1. The molecule has 1 aromatic rings. The van der Waals surface area contributed by atoms with Crippen LogP contribution in [0.15, 0.2) is 9.59 Å². The first-order valence-corrected chi connectivity index (χ1v) is 9.90. The highest BCUT2D eigenvalue weighted by molar-refractivity contribution is 6.00. The SMILES string of the molecule is CCCn1c(N)c(C(=O)C[NH+]2CC[C@@H]3CCCC[C@@H]3C2)c(=O)n(C)c1=O. The zero-order valence-corrected chi connectivity index (χ0v) is 15.9. The third kappa shape index (κ3) is 3.49. The molecular weight excluding hydrogens is 332 g/mol. The quantitative estimate of drug-likeness (QED) is 0.710. The van der Waals surface area contributed by atoms with Crippen LogP contribution in [0.1, 0.15) is 55.8 Å². The Hall–Kier alpha value is -1.89. The number of aromatic nitrogens is 2. The number of Topliss-reactive ketones (excluding diaryl/α,β-unsaturated/α-hetero) is 1. The van der Waals surface area contributed by atoms with Gasteiger partial charge in [-0.1, -0.05) is 19.8 Å². The zero-order chi connectivity index (χ0) is 18.8. The lowest BCUT2D eigenvalue weighted by Gasteiger charge is -2.38. The minimum absolute atomic E-state index is 0.0150. The molecule has 3 rings (SSSR count). The summed E-state index contributed by atoms with van der Waals surface area (Å²) in [5.41, 5.74) is 5.03. The van der Waals surface area contributed by atoms with Crippen molar-refractivity contribution in [3.63, 3.8) is 0 Å². The van der Waals surface area contributed by atoms with Crippen LogP contribution in [0.5, 0.6) is 0 Å². The predicted molar refractivity (Wildman–Crippen MR) is 101 cm³/mol. The molecule has 0 spiro atoms. The molecule has 0 bridgehead atoms. The van der Waals surface area contributed by atoms with Crippen LogP contribution in [0.2, 0.25) is 0 Å². The van der Waals surface area contributed by atoms with E-state index in [1.165, 1.54) is 42.2 Å². The Bertz CT molecular complexity index is 795. The van der Waals surface area contributed by atoms with Crippen molar-refractivity contribution in [3.8, 4) is 0 Å². The van der Waals surface area contributed by atoms with E-state index in [1.54, 1.807) is 0 Å². The molecular formula is C19H31N4O3+. The summed E-state index contributed by atoms with van der Waals surface area (Å²) in [6.45, 7) is 4.59. The molecule has 3 atom stereocenters. The van der Waals surface area contributed by atoms with Crippen LogP contribution in [-0.2, 0) is 13.6 Å². The second-order valence-corrected chi connectivity index (χ2v) is 7.96. The highest BCUT2D eigenvalue weighted by Gasteiger charge is 2.35. The van der Waals surface area contributed by atoms with Crippen LogP contribution in [0.3, 0.4) is 0 Å². The van der Waals surface area contributed by atoms with Gasteiger partial charge in [0, 0.05) is 19.5 Å². The van der Waals surface area contributed by atoms with Gasteiger partial charge in [0.15, 0.2) is 0 Å². The number of carbonyl (C=O) groups is 1. The maximum absolute atomic E-state index is 12.9. The summed E-state index contributed by atoms with van der Waals surface area (Å²) in [7, 11) is 1.41. The van der Waals surface area contributed by atoms with Crippen molar-refractivity contribution in [1.82, 2.24) is 9.13 Å². The second-order valence-electron chi connectivity index (χ2n) is 7.96. The summed E-state index contributed by atoms with van der Waals surface area (Å²) in [4.78, 5) is 38.9. The van der Waals surface area contributed by atoms with Crippen LogP contribution < -0.4 is 21.9 Å². The average Bonchev–Trinajstić information content (AvgIpc) is 2.63. The smallest absolute Gasteiger partial charge is 0.332 e. The monoisotopic (exact) mass is 363 g/mol. The van der Waals surface area contributed by atoms with Crippen molar-refractivity contribution < 1.29 is 9.69 Å². The fraction of sp³-hybridized carbons (Fsp3) is 0.737. The molecule has 1 aliphatic heterocycles. The van der Waals surface area contributed by atoms with E-state index in [4.69, 9.17) is 5.73 Å². The van der Waals surface area contributed by atoms with Crippen molar-refractivity contribution in [3.05, 3.63) is 26.4 Å². The van der Waals surface area contributed by atoms with Gasteiger partial charge in [-0.15, -0.1) is 0 Å². The molecule has 2 heterocycles. The maximum atomic E-state index is 12.9. The minimum Gasteiger partial charge on any atom is -0.384 e. The molecule has 3 N–H and O–H groups in total. The Morgan fingerprint density at radius 3 is 2.58 bits per heavy atom. The first-order valence-electron chi connectivity index (χ1n) is 9.90. The molecule has 1 aliphatic carbocycles. The predicted octanol–water partition coefficient (Wildman–Crippen LogP) is -0.183. The third-order valence-electron chi connectivity index (χ3n) is 6.21. The van der Waals surface area contributed by atoms with E-state index in [1.807, 2.05) is 6.92 Å². The topological polar surface area (TPSA) is 91.5 Å². The molecule has 2 aliphatic rings. The van der Waals surface area contributed by atoms with Gasteiger partial charge in [0.2, 0.25) is 5.78 Å². The Labute approximate surface area is 153 Å². The number of anilines is 1. The van der Waals surface area contributed by atoms with Gasteiger partial charge < -0.3 is 10.6 Å². The minimum atomic E-state index is -0.572. The van der Waals surface area contributed by atoms with E-state index in [2.05, 4.69) is 0 Å². The standard InChI is InChI=1S/C19H30N4O3/c1-3-9-23-17(20)16(18(25)21(2)19(23)26)15(24)12-22-10-8-13-6-4-5-7-14(13)11-22/h13-14H,3-12,20H2,1-2H3/p+1/t13-,14+/m0/s1. The number of rotatable bonds is 5. The highest BCUT2D eigenvalue weighted by Crippen LogP contribution is 2.32. The number of fused-ring (bicyclic) bond motifs is 1. The van der Waals surface area contributed by atoms with Crippen molar-refractivity contribution in [1.29, 1.82) is 0 Å².